The van der Waals surface area contributed by atoms with Gasteiger partial charge in [-0.15, -0.1) is 0 Å². The van der Waals surface area contributed by atoms with Gasteiger partial charge < -0.3 is 5.32 Å². The van der Waals surface area contributed by atoms with E-state index in [0.717, 1.165) is 17.3 Å². The molecule has 0 unspecified atom stereocenters. The third kappa shape index (κ3) is 3.19. The van der Waals surface area contributed by atoms with Crippen molar-refractivity contribution >= 4 is 29.2 Å². The number of nitrogens with one attached hydrogen (secondary N) is 1. The molecule has 1 aromatic carbocycles. The summed E-state index contributed by atoms with van der Waals surface area (Å²) in [6.45, 7) is 1.99. The Morgan fingerprint density at radius 1 is 1.19 bits per heavy atom. The van der Waals surface area contributed by atoms with Crippen LogP contribution in [-0.2, 0) is 0 Å². The van der Waals surface area contributed by atoms with Crippen molar-refractivity contribution in [2.45, 2.75) is 45.1 Å². The molecule has 1 aliphatic rings. The second kappa shape index (κ2) is 6.29. The maximum absolute atomic E-state index is 6.34. The maximum atomic E-state index is 6.34. The molecule has 3 nitrogen and oxygen atoms in total. The number of nitrogens with zero attached hydrogens (tertiary/aromatic N) is 2. The molecule has 1 N–H and O–H groups in total. The fourth-order valence-corrected chi connectivity index (χ4v) is 3.28. The summed E-state index contributed by atoms with van der Waals surface area (Å²) in [6.07, 6.45) is 8.31. The van der Waals surface area contributed by atoms with Gasteiger partial charge in [0.1, 0.15) is 0 Å². The van der Waals surface area contributed by atoms with Gasteiger partial charge in [0, 0.05) is 12.2 Å². The van der Waals surface area contributed by atoms with Crippen LogP contribution in [0.5, 0.6) is 0 Å². The molecule has 0 amide bonds. The predicted octanol–water partition coefficient (Wildman–Crippen LogP) is 5.23. The number of imidazole rings is 1. The van der Waals surface area contributed by atoms with Gasteiger partial charge in [0.2, 0.25) is 5.95 Å². The molecule has 1 saturated carbocycles. The average molecular weight is 324 g/mol. The van der Waals surface area contributed by atoms with Crippen molar-refractivity contribution in [3.05, 3.63) is 40.1 Å². The molecule has 3 rings (SSSR count). The molecule has 1 aliphatic carbocycles. The molecule has 0 radical (unpaired) electrons. The van der Waals surface area contributed by atoms with Crippen molar-refractivity contribution in [3.8, 4) is 5.69 Å². The Labute approximate surface area is 135 Å². The summed E-state index contributed by atoms with van der Waals surface area (Å²) in [5.41, 5.74) is 1.83. The van der Waals surface area contributed by atoms with Crippen LogP contribution in [0.25, 0.3) is 5.69 Å². The first-order valence-electron chi connectivity index (χ1n) is 7.42. The molecule has 0 bridgehead atoms. The molecule has 0 atom stereocenters. The first-order chi connectivity index (χ1) is 10.1. The first-order valence-corrected chi connectivity index (χ1v) is 8.17. The third-order valence-electron chi connectivity index (χ3n) is 3.96. The molecule has 0 spiro atoms. The Balaban J connectivity index is 1.93. The fraction of sp³-hybridized carbons (Fsp3) is 0.438. The van der Waals surface area contributed by atoms with E-state index >= 15 is 0 Å². The van der Waals surface area contributed by atoms with Gasteiger partial charge >= 0.3 is 0 Å². The lowest BCUT2D eigenvalue weighted by Crippen LogP contribution is -2.24. The summed E-state index contributed by atoms with van der Waals surface area (Å²) in [5, 5.41) is 4.68. The first kappa shape index (κ1) is 14.7. The highest BCUT2D eigenvalue weighted by Crippen LogP contribution is 2.31. The topological polar surface area (TPSA) is 29.9 Å². The zero-order valence-corrected chi connectivity index (χ0v) is 13.6. The molecular formula is C16H19Cl2N3. The highest BCUT2D eigenvalue weighted by atomic mass is 35.5. The van der Waals surface area contributed by atoms with Crippen LogP contribution in [0.4, 0.5) is 5.95 Å². The minimum atomic E-state index is 0.497. The summed E-state index contributed by atoms with van der Waals surface area (Å²) in [5.74, 6) is 0.851. The van der Waals surface area contributed by atoms with E-state index in [-0.39, 0.29) is 0 Å². The maximum Gasteiger partial charge on any atom is 0.208 e. The summed E-state index contributed by atoms with van der Waals surface area (Å²) < 4.78 is 2.00. The van der Waals surface area contributed by atoms with Gasteiger partial charge in [0.15, 0.2) is 0 Å². The zero-order valence-electron chi connectivity index (χ0n) is 12.1. The van der Waals surface area contributed by atoms with Crippen LogP contribution in [0.2, 0.25) is 10.0 Å². The van der Waals surface area contributed by atoms with E-state index in [0.29, 0.717) is 16.1 Å². The van der Waals surface area contributed by atoms with Crippen molar-refractivity contribution in [2.75, 3.05) is 5.32 Å². The van der Waals surface area contributed by atoms with E-state index in [2.05, 4.69) is 10.3 Å². The standard InChI is InChI=1S/C16H19Cl2N3/c1-11-10-21(14-9-5-8-13(17)15(14)18)16(19-11)20-12-6-3-2-4-7-12/h5,8-10,12H,2-4,6-7H2,1H3,(H,19,20). The van der Waals surface area contributed by atoms with E-state index in [9.17, 15) is 0 Å². The van der Waals surface area contributed by atoms with Crippen molar-refractivity contribution < 1.29 is 0 Å². The number of hydrogen-bond acceptors (Lipinski definition) is 2. The van der Waals surface area contributed by atoms with Crippen LogP contribution in [0.1, 0.15) is 37.8 Å². The molecule has 112 valence electrons. The fourth-order valence-electron chi connectivity index (χ4n) is 2.89. The summed E-state index contributed by atoms with van der Waals surface area (Å²) >= 11 is 12.5. The Hall–Kier alpha value is -1.19. The number of halogens is 2. The van der Waals surface area contributed by atoms with E-state index in [4.69, 9.17) is 23.2 Å². The van der Waals surface area contributed by atoms with Crippen molar-refractivity contribution in [1.29, 1.82) is 0 Å². The lowest BCUT2D eigenvalue weighted by Gasteiger charge is -2.23. The van der Waals surface area contributed by atoms with Crippen LogP contribution in [0.15, 0.2) is 24.4 Å². The number of anilines is 1. The van der Waals surface area contributed by atoms with Gasteiger partial charge in [-0.1, -0.05) is 48.5 Å². The van der Waals surface area contributed by atoms with Gasteiger partial charge in [-0.3, -0.25) is 4.57 Å². The normalized spacial score (nSPS) is 16.1. The molecule has 0 aliphatic heterocycles. The minimum Gasteiger partial charge on any atom is -0.353 e. The second-order valence-corrected chi connectivity index (χ2v) is 6.41. The van der Waals surface area contributed by atoms with Crippen LogP contribution >= 0.6 is 23.2 Å². The number of aromatic nitrogens is 2. The molecule has 0 saturated heterocycles. The molecule has 2 aromatic rings. The third-order valence-corrected chi connectivity index (χ3v) is 4.76. The largest absolute Gasteiger partial charge is 0.353 e. The number of aryl methyl sites for hydroxylation is 1. The molecule has 5 heteroatoms. The van der Waals surface area contributed by atoms with Gasteiger partial charge in [-0.25, -0.2) is 4.98 Å². The van der Waals surface area contributed by atoms with Crippen LogP contribution < -0.4 is 5.32 Å². The van der Waals surface area contributed by atoms with Crippen molar-refractivity contribution in [1.82, 2.24) is 9.55 Å². The van der Waals surface area contributed by atoms with E-state index in [1.54, 1.807) is 6.07 Å². The van der Waals surface area contributed by atoms with Crippen molar-refractivity contribution in [2.24, 2.45) is 0 Å². The lowest BCUT2D eigenvalue weighted by molar-refractivity contribution is 0.460. The van der Waals surface area contributed by atoms with E-state index < -0.39 is 0 Å². The van der Waals surface area contributed by atoms with Crippen LogP contribution in [0.3, 0.4) is 0 Å². The van der Waals surface area contributed by atoms with Crippen LogP contribution in [-0.4, -0.2) is 15.6 Å². The lowest BCUT2D eigenvalue weighted by atomic mass is 9.96. The highest BCUT2D eigenvalue weighted by Gasteiger charge is 2.17. The summed E-state index contributed by atoms with van der Waals surface area (Å²) in [6, 6.07) is 6.16. The van der Waals surface area contributed by atoms with E-state index in [1.165, 1.54) is 32.1 Å². The van der Waals surface area contributed by atoms with Gasteiger partial charge in [-0.2, -0.15) is 0 Å². The molecular weight excluding hydrogens is 305 g/mol. The Morgan fingerprint density at radius 3 is 2.71 bits per heavy atom. The second-order valence-electron chi connectivity index (χ2n) is 5.63. The number of hydrogen-bond donors (Lipinski definition) is 1. The van der Waals surface area contributed by atoms with Gasteiger partial charge in [-0.05, 0) is 31.9 Å². The van der Waals surface area contributed by atoms with Crippen molar-refractivity contribution in [3.63, 3.8) is 0 Å². The van der Waals surface area contributed by atoms with E-state index in [1.807, 2.05) is 29.8 Å². The van der Waals surface area contributed by atoms with Gasteiger partial charge in [0.05, 0.1) is 21.4 Å². The average Bonchev–Trinajstić information content (AvgIpc) is 2.83. The quantitative estimate of drug-likeness (QED) is 0.837. The zero-order chi connectivity index (χ0) is 14.8. The Bertz CT molecular complexity index is 630. The molecule has 1 heterocycles. The highest BCUT2D eigenvalue weighted by molar-refractivity contribution is 6.43. The summed E-state index contributed by atoms with van der Waals surface area (Å²) in [4.78, 5) is 4.60. The summed E-state index contributed by atoms with van der Waals surface area (Å²) in [7, 11) is 0. The molecule has 1 aromatic heterocycles. The molecule has 21 heavy (non-hydrogen) atoms. The SMILES string of the molecule is Cc1cn(-c2cccc(Cl)c2Cl)c(NC2CCCCC2)n1. The minimum absolute atomic E-state index is 0.497. The number of rotatable bonds is 3. The van der Waals surface area contributed by atoms with Crippen LogP contribution in [0, 0.1) is 6.92 Å². The monoisotopic (exact) mass is 323 g/mol. The predicted molar refractivity (Wildman–Crippen MR) is 88.8 cm³/mol. The Kier molecular flexibility index (Phi) is 4.41. The van der Waals surface area contributed by atoms with Gasteiger partial charge in [0.25, 0.3) is 0 Å². The Morgan fingerprint density at radius 2 is 1.95 bits per heavy atom. The number of benzene rings is 1. The smallest absolute Gasteiger partial charge is 0.208 e. The molecule has 1 fully saturated rings.